The van der Waals surface area contributed by atoms with Crippen molar-refractivity contribution in [3.63, 3.8) is 0 Å². The Balaban J connectivity index is 0.764. The molecule has 16 nitrogen and oxygen atoms in total. The number of para-hydroxylation sites is 1. The predicted molar refractivity (Wildman–Crippen MR) is 233 cm³/mol. The molecule has 4 aromatic heterocycles. The van der Waals surface area contributed by atoms with E-state index in [1.165, 1.54) is 21.6 Å². The fourth-order valence-corrected chi connectivity index (χ4v) is 9.58. The van der Waals surface area contributed by atoms with Crippen LogP contribution in [-0.2, 0) is 25.6 Å². The summed E-state index contributed by atoms with van der Waals surface area (Å²) in [5, 5.41) is 18.7. The third-order valence-corrected chi connectivity index (χ3v) is 13.0. The number of ether oxygens (including phenoxy) is 2. The molecule has 21 heteroatoms. The van der Waals surface area contributed by atoms with Crippen LogP contribution in [-0.4, -0.2) is 128 Å². The zero-order chi connectivity index (χ0) is 46.8. The van der Waals surface area contributed by atoms with Crippen LogP contribution in [0.15, 0.2) is 42.9 Å². The van der Waals surface area contributed by atoms with E-state index >= 15 is 4.39 Å². The van der Waals surface area contributed by atoms with Crippen molar-refractivity contribution in [2.75, 3.05) is 56.2 Å². The molecule has 4 atom stereocenters. The molecule has 1 aromatic carbocycles. The van der Waals surface area contributed by atoms with E-state index in [9.17, 15) is 31.9 Å². The molecule has 4 aliphatic rings. The summed E-state index contributed by atoms with van der Waals surface area (Å²) < 4.78 is 86.4. The third kappa shape index (κ3) is 9.85. The van der Waals surface area contributed by atoms with E-state index in [-0.39, 0.29) is 74.0 Å². The number of halogens is 5. The molecule has 3 aliphatic heterocycles. The molecule has 4 fully saturated rings. The highest BCUT2D eigenvalue weighted by atomic mass is 19.3. The van der Waals surface area contributed by atoms with Gasteiger partial charge < -0.3 is 19.7 Å². The van der Waals surface area contributed by atoms with Crippen LogP contribution in [0.3, 0.4) is 0 Å². The second kappa shape index (κ2) is 19.8. The number of imide groups is 1. The summed E-state index contributed by atoms with van der Waals surface area (Å²) in [6.07, 6.45) is 4.99. The lowest BCUT2D eigenvalue weighted by Crippen LogP contribution is -2.47. The lowest BCUT2D eigenvalue weighted by Gasteiger charge is -2.38. The normalized spacial score (nSPS) is 23.9. The summed E-state index contributed by atoms with van der Waals surface area (Å²) in [5.41, 5.74) is 1.27. The van der Waals surface area contributed by atoms with Gasteiger partial charge in [0.1, 0.15) is 36.8 Å². The van der Waals surface area contributed by atoms with Crippen LogP contribution >= 0.6 is 0 Å². The number of amides is 3. The van der Waals surface area contributed by atoms with Crippen molar-refractivity contribution in [1.82, 2.24) is 44.4 Å². The molecule has 0 bridgehead atoms. The Labute approximate surface area is 381 Å². The van der Waals surface area contributed by atoms with Crippen molar-refractivity contribution >= 4 is 45.8 Å². The molecule has 1 saturated carbocycles. The number of nitrogens with one attached hydrogen (secondary N) is 2. The van der Waals surface area contributed by atoms with Crippen molar-refractivity contribution in [2.24, 2.45) is 5.92 Å². The summed E-state index contributed by atoms with van der Waals surface area (Å²) in [7, 11) is 0. The molecule has 3 amide bonds. The van der Waals surface area contributed by atoms with Gasteiger partial charge in [0.05, 0.1) is 59.9 Å². The van der Waals surface area contributed by atoms with Crippen LogP contribution in [0.4, 0.5) is 33.5 Å². The van der Waals surface area contributed by atoms with Gasteiger partial charge in [0, 0.05) is 50.4 Å². The van der Waals surface area contributed by atoms with Gasteiger partial charge in [0.25, 0.3) is 18.8 Å². The number of likely N-dealkylation sites (tertiary alicyclic amines) is 1. The number of anilines is 2. The summed E-state index contributed by atoms with van der Waals surface area (Å²) in [6, 6.07) is 6.89. The van der Waals surface area contributed by atoms with E-state index in [4.69, 9.17) is 15.9 Å². The Bertz CT molecular complexity index is 2750. The first-order valence-corrected chi connectivity index (χ1v) is 22.3. The van der Waals surface area contributed by atoms with Crippen LogP contribution in [0.1, 0.15) is 90.6 Å². The molecule has 2 N–H and O–H groups in total. The number of hydrogen-bond acceptors (Lipinski definition) is 11. The summed E-state index contributed by atoms with van der Waals surface area (Å²) >= 11 is 0. The number of terminal acetylenes is 1. The van der Waals surface area contributed by atoms with E-state index in [0.29, 0.717) is 67.9 Å². The third-order valence-electron chi connectivity index (χ3n) is 13.0. The zero-order valence-corrected chi connectivity index (χ0v) is 36.3. The molecule has 7 heterocycles. The lowest BCUT2D eigenvalue weighted by atomic mass is 9.85. The zero-order valence-electron chi connectivity index (χ0n) is 36.3. The van der Waals surface area contributed by atoms with Crippen molar-refractivity contribution in [2.45, 2.75) is 94.7 Å². The topological polar surface area (TPSA) is 166 Å². The fourth-order valence-electron chi connectivity index (χ4n) is 9.58. The van der Waals surface area contributed by atoms with E-state index in [1.54, 1.807) is 21.8 Å². The molecule has 2 unspecified atom stereocenters. The average molecular weight is 930 g/mol. The number of rotatable bonds is 12. The minimum atomic E-state index is -2.97. The van der Waals surface area contributed by atoms with Gasteiger partial charge in [-0.25, -0.2) is 31.5 Å². The maximum absolute atomic E-state index is 15.5. The van der Waals surface area contributed by atoms with Crippen molar-refractivity contribution in [1.29, 1.82) is 0 Å². The first kappa shape index (κ1) is 45.7. The molecule has 67 heavy (non-hydrogen) atoms. The van der Waals surface area contributed by atoms with E-state index in [1.807, 2.05) is 18.2 Å². The van der Waals surface area contributed by atoms with E-state index in [2.05, 4.69) is 53.6 Å². The predicted octanol–water partition coefficient (Wildman–Crippen LogP) is 5.30. The van der Waals surface area contributed by atoms with E-state index in [0.717, 1.165) is 18.2 Å². The molecule has 0 radical (unpaired) electrons. The molecular weight excluding hydrogens is 882 g/mol. The number of nitrogens with zero attached hydrogens (tertiary/aromatic N) is 9. The summed E-state index contributed by atoms with van der Waals surface area (Å²) in [5.74, 6) is 7.30. The van der Waals surface area contributed by atoms with Crippen LogP contribution in [0.5, 0.6) is 0 Å². The number of benzene rings is 1. The van der Waals surface area contributed by atoms with Crippen LogP contribution in [0.25, 0.3) is 16.6 Å². The Kier molecular flexibility index (Phi) is 13.5. The average Bonchev–Trinajstić information content (AvgIpc) is 4.05. The van der Waals surface area contributed by atoms with Gasteiger partial charge in [-0.05, 0) is 56.6 Å². The van der Waals surface area contributed by atoms with Crippen molar-refractivity contribution in [3.8, 4) is 24.2 Å². The monoisotopic (exact) mass is 929 g/mol. The van der Waals surface area contributed by atoms with Crippen molar-refractivity contribution in [3.05, 3.63) is 65.4 Å². The minimum absolute atomic E-state index is 0.00259. The van der Waals surface area contributed by atoms with Crippen LogP contribution < -0.4 is 15.5 Å². The molecule has 9 rings (SSSR count). The number of morpholine rings is 1. The second-order valence-electron chi connectivity index (χ2n) is 17.3. The smallest absolute Gasteiger partial charge is 0.284 e. The molecular formula is C46H48F5N11O5. The number of hydrogen-bond donors (Lipinski definition) is 2. The standard InChI is InChI=1S/C46H48F5N11O5/c1-2-16-60-41-28(5-3-7-30(41)39(56-60)31-12-13-38(63)55-45(31)64)6-4-20-66-35-14-17-58(24-33(35)47)23-27-8-10-29(11-9-27)62-25-34(40(57-62)43(50)51)53-46(65)32-22-52-61-18-15-37(54-44(32)61)59-19-21-67-36(26-59)42(48)49/h1,3,5,7,15,18,22,25,27,29,31,33,35-36,42-43H,8-14,16-17,19-21,23-24,26H2,(H,53,65)(H,55,63,64)/t27?,29?,31?,33-,35+,36?/m0/s1. The minimum Gasteiger partial charge on any atom is -0.369 e. The fraction of sp³-hybridized carbons (Fsp3) is 0.500. The summed E-state index contributed by atoms with van der Waals surface area (Å²) in [4.78, 5) is 46.2. The Morgan fingerprint density at radius 2 is 1.88 bits per heavy atom. The Morgan fingerprint density at radius 1 is 1.04 bits per heavy atom. The second-order valence-corrected chi connectivity index (χ2v) is 17.3. The van der Waals surface area contributed by atoms with Gasteiger partial charge in [-0.15, -0.1) is 6.42 Å². The molecule has 0 spiro atoms. The quantitative estimate of drug-likeness (QED) is 0.0948. The molecule has 5 aromatic rings. The van der Waals surface area contributed by atoms with Gasteiger partial charge in [0.15, 0.2) is 11.3 Å². The van der Waals surface area contributed by atoms with Gasteiger partial charge in [-0.3, -0.25) is 34.0 Å². The number of aromatic nitrogens is 7. The molecule has 352 valence electrons. The maximum Gasteiger partial charge on any atom is 0.284 e. The van der Waals surface area contributed by atoms with Crippen molar-refractivity contribution < 1.29 is 45.8 Å². The first-order valence-electron chi connectivity index (χ1n) is 22.3. The van der Waals surface area contributed by atoms with Gasteiger partial charge in [-0.2, -0.15) is 15.3 Å². The summed E-state index contributed by atoms with van der Waals surface area (Å²) in [6.45, 7) is 1.99. The highest BCUT2D eigenvalue weighted by molar-refractivity contribution is 6.08. The Hall–Kier alpha value is -6.42. The van der Waals surface area contributed by atoms with Gasteiger partial charge >= 0.3 is 0 Å². The van der Waals surface area contributed by atoms with Crippen LogP contribution in [0, 0.1) is 30.1 Å². The van der Waals surface area contributed by atoms with Gasteiger partial charge in [-0.1, -0.05) is 29.9 Å². The van der Waals surface area contributed by atoms with E-state index < -0.39 is 54.7 Å². The number of piperidine rings is 2. The maximum atomic E-state index is 15.5. The van der Waals surface area contributed by atoms with Crippen LogP contribution in [0.2, 0.25) is 0 Å². The first-order chi connectivity index (χ1) is 32.4. The number of alkyl halides is 5. The number of carbonyl (C=O) groups excluding carboxylic acids is 3. The highest BCUT2D eigenvalue weighted by Gasteiger charge is 2.35. The number of carbonyl (C=O) groups is 3. The highest BCUT2D eigenvalue weighted by Crippen LogP contribution is 2.36. The Morgan fingerprint density at radius 3 is 2.64 bits per heavy atom. The molecule has 1 aliphatic carbocycles. The lowest BCUT2D eigenvalue weighted by molar-refractivity contribution is -0.134. The molecule has 3 saturated heterocycles. The largest absolute Gasteiger partial charge is 0.369 e. The SMILES string of the molecule is C#CCn1nc(C2CCC(=O)NC2=O)c2cccc(C#CCO[C@@H]3CCN(CC4CCC(n5cc(NC(=O)c6cnn7ccc(N8CCOC(C(F)F)C8)nc67)c(C(F)F)n5)CC4)C[C@@H]3F)c21. The number of fused-ring (bicyclic) bond motifs is 2. The van der Waals surface area contributed by atoms with Gasteiger partial charge in [0.2, 0.25) is 11.8 Å².